The molecule has 3 rings (SSSR count). The van der Waals surface area contributed by atoms with E-state index in [0.29, 0.717) is 12.0 Å². The molecule has 1 heterocycles. The molecule has 110 valence electrons. The number of aryl methyl sites for hydroxylation is 1. The molecule has 1 aromatic heterocycles. The van der Waals surface area contributed by atoms with Crippen molar-refractivity contribution < 1.29 is 4.74 Å². The smallest absolute Gasteiger partial charge is 0.123 e. The summed E-state index contributed by atoms with van der Waals surface area (Å²) in [6.07, 6.45) is 6.86. The minimum absolute atomic E-state index is 0. The minimum Gasteiger partial charge on any atom is -0.490 e. The monoisotopic (exact) mass is 295 g/mol. The Hall–Kier alpha value is -1.26. The second kappa shape index (κ2) is 6.46. The lowest BCUT2D eigenvalue weighted by Gasteiger charge is -2.29. The number of aromatic amines is 1. The van der Waals surface area contributed by atoms with Gasteiger partial charge >= 0.3 is 0 Å². The molecule has 5 heteroatoms. The van der Waals surface area contributed by atoms with E-state index in [1.807, 2.05) is 18.3 Å². The summed E-state index contributed by atoms with van der Waals surface area (Å²) in [5.41, 5.74) is 8.01. The normalized spacial score (nSPS) is 22.5. The molecule has 0 radical (unpaired) electrons. The molecule has 0 unspecified atom stereocenters. The Bertz CT molecular complexity index is 569. The van der Waals surface area contributed by atoms with Gasteiger partial charge in [0.15, 0.2) is 0 Å². The first-order valence-corrected chi connectivity index (χ1v) is 7.07. The molecule has 0 amide bonds. The number of aromatic nitrogens is 2. The molecule has 3 N–H and O–H groups in total. The Morgan fingerprint density at radius 1 is 1.40 bits per heavy atom. The summed E-state index contributed by atoms with van der Waals surface area (Å²) in [7, 11) is 0. The molecule has 0 spiro atoms. The van der Waals surface area contributed by atoms with Gasteiger partial charge in [0.2, 0.25) is 0 Å². The predicted octanol–water partition coefficient (Wildman–Crippen LogP) is 3.19. The second-order valence-corrected chi connectivity index (χ2v) is 5.53. The van der Waals surface area contributed by atoms with Gasteiger partial charge in [-0.15, -0.1) is 12.4 Å². The average Bonchev–Trinajstić information content (AvgIpc) is 2.91. The first-order valence-electron chi connectivity index (χ1n) is 7.07. The lowest BCUT2D eigenvalue weighted by molar-refractivity contribution is 0.125. The standard InChI is InChI=1S/C15H21N3O.ClH/c1-10-13-9-17-18-14(13)5-6-15(10)19-12-4-2-3-11(7-12)8-16;/h5-6,9,11-12H,2-4,7-8,16H2,1H3,(H,17,18);1H/t11-,12+;/m1./s1. The van der Waals surface area contributed by atoms with Gasteiger partial charge in [-0.25, -0.2) is 0 Å². The van der Waals surface area contributed by atoms with E-state index in [9.17, 15) is 0 Å². The van der Waals surface area contributed by atoms with Crippen molar-refractivity contribution in [2.24, 2.45) is 11.7 Å². The van der Waals surface area contributed by atoms with Gasteiger partial charge in [0.05, 0.1) is 17.8 Å². The van der Waals surface area contributed by atoms with Gasteiger partial charge in [0, 0.05) is 10.9 Å². The van der Waals surface area contributed by atoms with Crippen molar-refractivity contribution >= 4 is 23.3 Å². The van der Waals surface area contributed by atoms with Gasteiger partial charge in [-0.2, -0.15) is 5.10 Å². The summed E-state index contributed by atoms with van der Waals surface area (Å²) < 4.78 is 6.20. The third kappa shape index (κ3) is 2.91. The minimum atomic E-state index is 0. The van der Waals surface area contributed by atoms with E-state index in [1.165, 1.54) is 18.4 Å². The molecule has 2 aromatic rings. The zero-order chi connectivity index (χ0) is 13.2. The van der Waals surface area contributed by atoms with Gasteiger partial charge in [-0.1, -0.05) is 0 Å². The fourth-order valence-electron chi connectivity index (χ4n) is 3.01. The van der Waals surface area contributed by atoms with Crippen molar-refractivity contribution in [3.8, 4) is 5.75 Å². The van der Waals surface area contributed by atoms with Crippen LogP contribution >= 0.6 is 12.4 Å². The van der Waals surface area contributed by atoms with E-state index in [4.69, 9.17) is 10.5 Å². The van der Waals surface area contributed by atoms with E-state index in [0.717, 1.165) is 36.0 Å². The highest BCUT2D eigenvalue weighted by atomic mass is 35.5. The zero-order valence-corrected chi connectivity index (χ0v) is 12.6. The number of nitrogens with one attached hydrogen (secondary N) is 1. The Labute approximate surface area is 125 Å². The van der Waals surface area contributed by atoms with Crippen LogP contribution in [0.1, 0.15) is 31.2 Å². The van der Waals surface area contributed by atoms with E-state index >= 15 is 0 Å². The molecule has 0 saturated heterocycles. The molecule has 1 saturated carbocycles. The van der Waals surface area contributed by atoms with Crippen LogP contribution in [-0.4, -0.2) is 22.8 Å². The Kier molecular flexibility index (Phi) is 4.89. The highest BCUT2D eigenvalue weighted by Gasteiger charge is 2.23. The molecule has 1 aromatic carbocycles. The molecular formula is C15H22ClN3O. The van der Waals surface area contributed by atoms with Gasteiger partial charge < -0.3 is 10.5 Å². The SMILES string of the molecule is Cc1c(O[C@H]2CCC[C@@H](CN)C2)ccc2[nH]ncc12.Cl. The van der Waals surface area contributed by atoms with Gasteiger partial charge in [0.1, 0.15) is 5.75 Å². The van der Waals surface area contributed by atoms with Crippen LogP contribution in [0.2, 0.25) is 0 Å². The van der Waals surface area contributed by atoms with Crippen molar-refractivity contribution in [3.05, 3.63) is 23.9 Å². The number of hydrogen-bond donors (Lipinski definition) is 2. The number of halogens is 1. The number of fused-ring (bicyclic) bond motifs is 1. The molecule has 20 heavy (non-hydrogen) atoms. The van der Waals surface area contributed by atoms with Gasteiger partial charge in [-0.3, -0.25) is 5.10 Å². The number of rotatable bonds is 3. The van der Waals surface area contributed by atoms with Crippen LogP contribution in [0.25, 0.3) is 10.9 Å². The van der Waals surface area contributed by atoms with Crippen LogP contribution < -0.4 is 10.5 Å². The number of nitrogens with two attached hydrogens (primary N) is 1. The quantitative estimate of drug-likeness (QED) is 0.914. The van der Waals surface area contributed by atoms with Crippen molar-refractivity contribution in [3.63, 3.8) is 0 Å². The van der Waals surface area contributed by atoms with Crippen molar-refractivity contribution in [1.82, 2.24) is 10.2 Å². The third-order valence-electron chi connectivity index (χ3n) is 4.21. The van der Waals surface area contributed by atoms with E-state index in [-0.39, 0.29) is 12.4 Å². The third-order valence-corrected chi connectivity index (χ3v) is 4.21. The highest BCUT2D eigenvalue weighted by molar-refractivity contribution is 5.85. The molecular weight excluding hydrogens is 274 g/mol. The highest BCUT2D eigenvalue weighted by Crippen LogP contribution is 2.31. The Balaban J connectivity index is 0.00000147. The van der Waals surface area contributed by atoms with E-state index < -0.39 is 0 Å². The number of nitrogens with zero attached hydrogens (tertiary/aromatic N) is 1. The molecule has 2 atom stereocenters. The second-order valence-electron chi connectivity index (χ2n) is 5.53. The Morgan fingerprint density at radius 3 is 3.05 bits per heavy atom. The topological polar surface area (TPSA) is 63.9 Å². The van der Waals surface area contributed by atoms with Crippen molar-refractivity contribution in [1.29, 1.82) is 0 Å². The maximum absolute atomic E-state index is 6.20. The van der Waals surface area contributed by atoms with Gasteiger partial charge in [0.25, 0.3) is 0 Å². The van der Waals surface area contributed by atoms with Crippen LogP contribution in [-0.2, 0) is 0 Å². The molecule has 1 fully saturated rings. The number of H-pyrrole nitrogens is 1. The molecule has 0 aliphatic heterocycles. The average molecular weight is 296 g/mol. The molecule has 1 aliphatic rings. The summed E-state index contributed by atoms with van der Waals surface area (Å²) in [5, 5.41) is 8.21. The van der Waals surface area contributed by atoms with E-state index in [1.54, 1.807) is 0 Å². The first kappa shape index (κ1) is 15.1. The summed E-state index contributed by atoms with van der Waals surface area (Å²) in [6.45, 7) is 2.87. The number of benzene rings is 1. The largest absolute Gasteiger partial charge is 0.490 e. The van der Waals surface area contributed by atoms with Crippen LogP contribution in [0.4, 0.5) is 0 Å². The van der Waals surface area contributed by atoms with Crippen LogP contribution in [0.15, 0.2) is 18.3 Å². The summed E-state index contributed by atoms with van der Waals surface area (Å²) >= 11 is 0. The molecule has 0 bridgehead atoms. The number of hydrogen-bond acceptors (Lipinski definition) is 3. The summed E-state index contributed by atoms with van der Waals surface area (Å²) in [6, 6.07) is 4.08. The van der Waals surface area contributed by atoms with Crippen LogP contribution in [0.5, 0.6) is 5.75 Å². The van der Waals surface area contributed by atoms with Gasteiger partial charge in [-0.05, 0) is 57.2 Å². The zero-order valence-electron chi connectivity index (χ0n) is 11.8. The number of ether oxygens (including phenoxy) is 1. The summed E-state index contributed by atoms with van der Waals surface area (Å²) in [4.78, 5) is 0. The lowest BCUT2D eigenvalue weighted by atomic mass is 9.87. The van der Waals surface area contributed by atoms with Crippen LogP contribution in [0, 0.1) is 12.8 Å². The Morgan fingerprint density at radius 2 is 2.25 bits per heavy atom. The lowest BCUT2D eigenvalue weighted by Crippen LogP contribution is -2.29. The fourth-order valence-corrected chi connectivity index (χ4v) is 3.01. The fraction of sp³-hybridized carbons (Fsp3) is 0.533. The summed E-state index contributed by atoms with van der Waals surface area (Å²) in [5.74, 6) is 1.60. The molecule has 4 nitrogen and oxygen atoms in total. The maximum atomic E-state index is 6.20. The van der Waals surface area contributed by atoms with Crippen molar-refractivity contribution in [2.45, 2.75) is 38.7 Å². The first-order chi connectivity index (χ1) is 9.28. The van der Waals surface area contributed by atoms with Crippen molar-refractivity contribution in [2.75, 3.05) is 6.54 Å². The maximum Gasteiger partial charge on any atom is 0.123 e. The van der Waals surface area contributed by atoms with Crippen LogP contribution in [0.3, 0.4) is 0 Å². The predicted molar refractivity (Wildman–Crippen MR) is 83.5 cm³/mol. The van der Waals surface area contributed by atoms with E-state index in [2.05, 4.69) is 17.1 Å². The molecule has 1 aliphatic carbocycles.